The summed E-state index contributed by atoms with van der Waals surface area (Å²) >= 11 is 0. The highest BCUT2D eigenvalue weighted by molar-refractivity contribution is 5.94. The van der Waals surface area contributed by atoms with Gasteiger partial charge in [-0.1, -0.05) is 66.2 Å². The molecule has 1 aromatic heterocycles. The molecule has 0 aliphatic carbocycles. The van der Waals surface area contributed by atoms with E-state index in [4.69, 9.17) is 0 Å². The summed E-state index contributed by atoms with van der Waals surface area (Å²) in [6, 6.07) is 19.6. The molecular weight excluding hydrogens is 324 g/mol. The Labute approximate surface area is 152 Å². The molecule has 0 fully saturated rings. The smallest absolute Gasteiger partial charge is 0.272 e. The molecule has 0 spiro atoms. The van der Waals surface area contributed by atoms with Gasteiger partial charge in [0.1, 0.15) is 5.69 Å². The van der Waals surface area contributed by atoms with Crippen molar-refractivity contribution in [2.24, 2.45) is 5.10 Å². The van der Waals surface area contributed by atoms with Crippen molar-refractivity contribution in [3.8, 4) is 11.3 Å². The van der Waals surface area contributed by atoms with Gasteiger partial charge in [-0.25, -0.2) is 5.43 Å². The molecule has 1 heterocycles. The highest BCUT2D eigenvalue weighted by Crippen LogP contribution is 2.18. The number of aromatic nitrogens is 2. The first-order valence-electron chi connectivity index (χ1n) is 8.31. The molecule has 2 aromatic carbocycles. The summed E-state index contributed by atoms with van der Waals surface area (Å²) in [7, 11) is 0. The quantitative estimate of drug-likeness (QED) is 0.538. The topological polar surface area (TPSA) is 70.1 Å². The highest BCUT2D eigenvalue weighted by atomic mass is 16.2. The van der Waals surface area contributed by atoms with Crippen LogP contribution in [0.1, 0.15) is 28.5 Å². The highest BCUT2D eigenvalue weighted by Gasteiger charge is 2.10. The molecule has 3 rings (SSSR count). The van der Waals surface area contributed by atoms with Crippen molar-refractivity contribution in [3.05, 3.63) is 83.1 Å². The summed E-state index contributed by atoms with van der Waals surface area (Å²) in [5.41, 5.74) is 7.74. The number of aryl methyl sites for hydroxylation is 1. The van der Waals surface area contributed by atoms with Crippen molar-refractivity contribution < 1.29 is 4.79 Å². The predicted molar refractivity (Wildman–Crippen MR) is 105 cm³/mol. The van der Waals surface area contributed by atoms with Gasteiger partial charge < -0.3 is 0 Å². The van der Waals surface area contributed by atoms with Gasteiger partial charge in [-0.2, -0.15) is 10.2 Å². The van der Waals surface area contributed by atoms with Crippen LogP contribution in [0.15, 0.2) is 71.3 Å². The van der Waals surface area contributed by atoms with Crippen LogP contribution in [0, 0.1) is 6.92 Å². The molecule has 0 saturated carbocycles. The van der Waals surface area contributed by atoms with Gasteiger partial charge in [-0.05, 0) is 31.1 Å². The Bertz CT molecular complexity index is 938. The summed E-state index contributed by atoms with van der Waals surface area (Å²) in [6.07, 6.45) is 3.60. The number of rotatable bonds is 5. The Hall–Kier alpha value is -3.47. The molecule has 3 aromatic rings. The van der Waals surface area contributed by atoms with Crippen molar-refractivity contribution in [1.29, 1.82) is 0 Å². The molecule has 1 amide bonds. The van der Waals surface area contributed by atoms with Crippen molar-refractivity contribution in [1.82, 2.24) is 15.6 Å². The van der Waals surface area contributed by atoms with Gasteiger partial charge in [0, 0.05) is 5.56 Å². The maximum atomic E-state index is 12.2. The number of carbonyl (C=O) groups excluding carboxylic acids is 1. The number of aromatic amines is 1. The number of hydrazone groups is 1. The van der Waals surface area contributed by atoms with Crippen LogP contribution < -0.4 is 5.43 Å². The zero-order valence-electron chi connectivity index (χ0n) is 14.7. The monoisotopic (exact) mass is 344 g/mol. The first-order valence-corrected chi connectivity index (χ1v) is 8.31. The number of hydrogen-bond acceptors (Lipinski definition) is 3. The van der Waals surface area contributed by atoms with E-state index < -0.39 is 0 Å². The lowest BCUT2D eigenvalue weighted by molar-refractivity contribution is 0.0950. The van der Waals surface area contributed by atoms with Crippen LogP contribution in [-0.4, -0.2) is 22.3 Å². The molecule has 5 nitrogen and oxygen atoms in total. The van der Waals surface area contributed by atoms with Crippen molar-refractivity contribution in [2.75, 3.05) is 0 Å². The van der Waals surface area contributed by atoms with Crippen LogP contribution >= 0.6 is 0 Å². The fourth-order valence-corrected chi connectivity index (χ4v) is 2.41. The molecule has 0 bridgehead atoms. The van der Waals surface area contributed by atoms with E-state index in [-0.39, 0.29) is 5.91 Å². The molecule has 130 valence electrons. The van der Waals surface area contributed by atoms with Crippen LogP contribution in [0.5, 0.6) is 0 Å². The van der Waals surface area contributed by atoms with E-state index in [2.05, 4.69) is 20.7 Å². The Balaban J connectivity index is 1.62. The van der Waals surface area contributed by atoms with E-state index in [1.165, 1.54) is 5.56 Å². The molecule has 0 saturated heterocycles. The van der Waals surface area contributed by atoms with Crippen LogP contribution in [-0.2, 0) is 0 Å². The fourth-order valence-electron chi connectivity index (χ4n) is 2.41. The normalized spacial score (nSPS) is 11.7. The number of carbonyl (C=O) groups is 1. The number of nitrogens with zero attached hydrogens (tertiary/aromatic N) is 2. The molecule has 0 aliphatic heterocycles. The second-order valence-electron chi connectivity index (χ2n) is 6.03. The van der Waals surface area contributed by atoms with Crippen molar-refractivity contribution in [2.45, 2.75) is 13.8 Å². The summed E-state index contributed by atoms with van der Waals surface area (Å²) in [6.45, 7) is 3.95. The summed E-state index contributed by atoms with van der Waals surface area (Å²) in [5, 5.41) is 10.9. The third-order valence-corrected chi connectivity index (χ3v) is 3.80. The van der Waals surface area contributed by atoms with Gasteiger partial charge in [0.25, 0.3) is 5.91 Å². The summed E-state index contributed by atoms with van der Waals surface area (Å²) < 4.78 is 0. The van der Waals surface area contributed by atoms with Crippen LogP contribution in [0.25, 0.3) is 17.3 Å². The summed E-state index contributed by atoms with van der Waals surface area (Å²) in [4.78, 5) is 12.2. The minimum absolute atomic E-state index is 0.334. The maximum absolute atomic E-state index is 12.2. The third-order valence-electron chi connectivity index (χ3n) is 3.80. The van der Waals surface area contributed by atoms with Gasteiger partial charge in [-0.15, -0.1) is 0 Å². The zero-order valence-corrected chi connectivity index (χ0v) is 14.7. The molecule has 2 N–H and O–H groups in total. The molecule has 5 heteroatoms. The minimum Gasteiger partial charge on any atom is -0.272 e. The Kier molecular flexibility index (Phi) is 5.39. The van der Waals surface area contributed by atoms with E-state index >= 15 is 0 Å². The number of hydrogen-bond donors (Lipinski definition) is 2. The van der Waals surface area contributed by atoms with Crippen molar-refractivity contribution >= 4 is 18.2 Å². The number of H-pyrrole nitrogens is 1. The first-order chi connectivity index (χ1) is 12.6. The molecule has 26 heavy (non-hydrogen) atoms. The molecule has 0 aliphatic rings. The average molecular weight is 344 g/mol. The predicted octanol–water partition coefficient (Wildman–Crippen LogP) is 4.20. The Morgan fingerprint density at radius 3 is 2.58 bits per heavy atom. The lowest BCUT2D eigenvalue weighted by atomic mass is 10.1. The second kappa shape index (κ2) is 8.07. The number of nitrogens with one attached hydrogen (secondary N) is 2. The minimum atomic E-state index is -0.334. The molecular formula is C21H20N4O. The largest absolute Gasteiger partial charge is 0.289 e. The van der Waals surface area contributed by atoms with E-state index in [9.17, 15) is 4.79 Å². The van der Waals surface area contributed by atoms with Gasteiger partial charge in [0.05, 0.1) is 11.9 Å². The van der Waals surface area contributed by atoms with E-state index in [0.717, 1.165) is 22.4 Å². The second-order valence-corrected chi connectivity index (χ2v) is 6.03. The zero-order chi connectivity index (χ0) is 18.4. The SMILES string of the molecule is CC(/C=N\NC(=O)c1cc(-c2ccc(C)cc2)n[nH]1)=C/c1ccccc1. The average Bonchev–Trinajstić information content (AvgIpc) is 3.13. The van der Waals surface area contributed by atoms with Crippen molar-refractivity contribution in [3.63, 3.8) is 0 Å². The van der Waals surface area contributed by atoms with Gasteiger partial charge in [0.2, 0.25) is 0 Å². The number of benzene rings is 2. The number of amides is 1. The lowest BCUT2D eigenvalue weighted by Gasteiger charge is -1.97. The van der Waals surface area contributed by atoms with Crippen LogP contribution in [0.4, 0.5) is 0 Å². The van der Waals surface area contributed by atoms with Gasteiger partial charge >= 0.3 is 0 Å². The van der Waals surface area contributed by atoms with Crippen LogP contribution in [0.2, 0.25) is 0 Å². The molecule has 0 atom stereocenters. The lowest BCUT2D eigenvalue weighted by Crippen LogP contribution is -2.17. The third kappa shape index (κ3) is 4.54. The molecule has 0 radical (unpaired) electrons. The Morgan fingerprint density at radius 1 is 1.12 bits per heavy atom. The fraction of sp³-hybridized carbons (Fsp3) is 0.0952. The van der Waals surface area contributed by atoms with E-state index in [0.29, 0.717) is 5.69 Å². The Morgan fingerprint density at radius 2 is 1.85 bits per heavy atom. The van der Waals surface area contributed by atoms with Gasteiger partial charge in [0.15, 0.2) is 0 Å². The standard InChI is InChI=1S/C21H20N4O/c1-15-8-10-18(11-9-15)19-13-20(24-23-19)21(26)25-22-14-16(2)12-17-6-4-3-5-7-17/h3-14H,1-2H3,(H,23,24)(H,25,26)/b16-12-,22-14-. The molecule has 0 unspecified atom stereocenters. The van der Waals surface area contributed by atoms with Crippen LogP contribution in [0.3, 0.4) is 0 Å². The van der Waals surface area contributed by atoms with E-state index in [1.807, 2.05) is 74.5 Å². The summed E-state index contributed by atoms with van der Waals surface area (Å²) in [5.74, 6) is -0.334. The first kappa shape index (κ1) is 17.4. The number of allylic oxidation sites excluding steroid dienone is 1. The van der Waals surface area contributed by atoms with Gasteiger partial charge in [-0.3, -0.25) is 9.89 Å². The van der Waals surface area contributed by atoms with E-state index in [1.54, 1.807) is 12.3 Å². The maximum Gasteiger partial charge on any atom is 0.289 e.